The van der Waals surface area contributed by atoms with Gasteiger partial charge >= 0.3 is 11.9 Å². The number of carbonyl (C=O) groups is 2. The summed E-state index contributed by atoms with van der Waals surface area (Å²) in [6.45, 7) is 7.62. The molecular formula is C17H24O8. The van der Waals surface area contributed by atoms with Gasteiger partial charge in [-0.1, -0.05) is 0 Å². The van der Waals surface area contributed by atoms with Gasteiger partial charge in [-0.15, -0.1) is 0 Å². The Hall–Kier alpha value is -1.22. The van der Waals surface area contributed by atoms with Crippen LogP contribution < -0.4 is 0 Å². The number of methoxy groups -OCH3 is 1. The Morgan fingerprint density at radius 1 is 1.12 bits per heavy atom. The molecule has 4 saturated heterocycles. The van der Waals surface area contributed by atoms with Crippen LogP contribution >= 0.6 is 0 Å². The number of cyclic esters (lactones) is 1. The van der Waals surface area contributed by atoms with Crippen LogP contribution in [0, 0.1) is 17.8 Å². The Bertz CT molecular complexity index is 599. The maximum absolute atomic E-state index is 12.5. The van der Waals surface area contributed by atoms with Crippen LogP contribution in [0.15, 0.2) is 0 Å². The van der Waals surface area contributed by atoms with Crippen LogP contribution in [0.3, 0.4) is 0 Å². The molecule has 0 aromatic heterocycles. The number of hydrogen-bond donors (Lipinski definition) is 0. The van der Waals surface area contributed by atoms with Crippen LogP contribution in [0.4, 0.5) is 0 Å². The normalized spacial score (nSPS) is 46.6. The summed E-state index contributed by atoms with van der Waals surface area (Å²) in [7, 11) is 1.26. The average Bonchev–Trinajstić information content (AvgIpc) is 2.98. The highest BCUT2D eigenvalue weighted by atomic mass is 16.8. The highest BCUT2D eigenvalue weighted by Gasteiger charge is 2.66. The molecule has 0 amide bonds. The lowest BCUT2D eigenvalue weighted by Gasteiger charge is -2.51. The first-order chi connectivity index (χ1) is 11.6. The maximum atomic E-state index is 12.5. The fraction of sp³-hybridized carbons (Fsp3) is 0.882. The van der Waals surface area contributed by atoms with E-state index in [1.807, 2.05) is 27.7 Å². The van der Waals surface area contributed by atoms with E-state index in [9.17, 15) is 9.59 Å². The molecule has 0 aromatic rings. The van der Waals surface area contributed by atoms with E-state index in [2.05, 4.69) is 0 Å². The molecule has 0 saturated carbocycles. The largest absolute Gasteiger partial charge is 0.468 e. The third-order valence-corrected chi connectivity index (χ3v) is 5.69. The highest BCUT2D eigenvalue weighted by molar-refractivity contribution is 5.96. The Balaban J connectivity index is 1.68. The third-order valence-electron chi connectivity index (χ3n) is 5.69. The summed E-state index contributed by atoms with van der Waals surface area (Å²) >= 11 is 0. The summed E-state index contributed by atoms with van der Waals surface area (Å²) in [6.07, 6.45) is -1.87. The van der Waals surface area contributed by atoms with E-state index in [0.717, 1.165) is 0 Å². The smallest absolute Gasteiger partial charge is 0.321 e. The van der Waals surface area contributed by atoms with Gasteiger partial charge in [-0.3, -0.25) is 9.59 Å². The fourth-order valence-electron chi connectivity index (χ4n) is 4.58. The van der Waals surface area contributed by atoms with Crippen molar-refractivity contribution < 1.29 is 38.0 Å². The van der Waals surface area contributed by atoms with Crippen LogP contribution in [0.1, 0.15) is 27.7 Å². The van der Waals surface area contributed by atoms with Gasteiger partial charge in [-0.05, 0) is 27.7 Å². The fourth-order valence-corrected chi connectivity index (χ4v) is 4.58. The van der Waals surface area contributed by atoms with Crippen molar-refractivity contribution in [1.29, 1.82) is 0 Å². The standard InChI is InChI=1S/C17H24O8/c1-16(2)7-6-21-11-10(22-15-12(11)23-17(3,4)25-15)8(7)9(13(18)20-5)14(19)24-16/h7-12,15H,6H2,1-5H3/t7-,8+,9?,10+,11-,12+,15+/m0/s1. The lowest BCUT2D eigenvalue weighted by atomic mass is 9.66. The molecule has 4 heterocycles. The van der Waals surface area contributed by atoms with E-state index in [4.69, 9.17) is 28.4 Å². The molecule has 8 nitrogen and oxygen atoms in total. The Labute approximate surface area is 146 Å². The van der Waals surface area contributed by atoms with E-state index >= 15 is 0 Å². The van der Waals surface area contributed by atoms with Crippen LogP contribution in [0.2, 0.25) is 0 Å². The molecule has 0 bridgehead atoms. The molecule has 0 aromatic carbocycles. The second-order valence-electron chi connectivity index (χ2n) is 8.08. The number of fused-ring (bicyclic) bond motifs is 5. The van der Waals surface area contributed by atoms with Gasteiger partial charge in [0.1, 0.15) is 17.8 Å². The van der Waals surface area contributed by atoms with E-state index in [1.54, 1.807) is 0 Å². The molecule has 4 aliphatic rings. The molecule has 0 spiro atoms. The van der Waals surface area contributed by atoms with Crippen LogP contribution in [0.25, 0.3) is 0 Å². The molecule has 4 rings (SSSR count). The maximum Gasteiger partial charge on any atom is 0.321 e. The first-order valence-electron chi connectivity index (χ1n) is 8.58. The molecule has 1 unspecified atom stereocenters. The predicted molar refractivity (Wildman–Crippen MR) is 81.1 cm³/mol. The summed E-state index contributed by atoms with van der Waals surface area (Å²) in [5.74, 6) is -3.59. The molecule has 0 N–H and O–H groups in total. The SMILES string of the molecule is COC(=O)C1C(=O)OC(C)(C)[C@H]2CO[C@@H]3[C@H]4OC(C)(C)O[C@H]4O[C@@H]3[C@@H]12. The molecular weight excluding hydrogens is 332 g/mol. The van der Waals surface area contributed by atoms with Gasteiger partial charge in [0, 0.05) is 11.8 Å². The second-order valence-corrected chi connectivity index (χ2v) is 8.08. The summed E-state index contributed by atoms with van der Waals surface area (Å²) in [5, 5.41) is 0. The van der Waals surface area contributed by atoms with E-state index in [1.165, 1.54) is 7.11 Å². The molecule has 4 fully saturated rings. The zero-order chi connectivity index (χ0) is 18.1. The number of carbonyl (C=O) groups excluding carboxylic acids is 2. The minimum absolute atomic E-state index is 0.192. The zero-order valence-corrected chi connectivity index (χ0v) is 15.0. The molecule has 140 valence electrons. The summed E-state index contributed by atoms with van der Waals surface area (Å²) < 4.78 is 34.2. The lowest BCUT2D eigenvalue weighted by Crippen LogP contribution is -2.63. The Morgan fingerprint density at radius 2 is 1.84 bits per heavy atom. The van der Waals surface area contributed by atoms with Crippen molar-refractivity contribution in [1.82, 2.24) is 0 Å². The topological polar surface area (TPSA) is 89.5 Å². The van der Waals surface area contributed by atoms with Crippen LogP contribution in [0.5, 0.6) is 0 Å². The van der Waals surface area contributed by atoms with Crippen molar-refractivity contribution in [3.05, 3.63) is 0 Å². The van der Waals surface area contributed by atoms with Crippen molar-refractivity contribution >= 4 is 11.9 Å². The van der Waals surface area contributed by atoms with Gasteiger partial charge in [0.05, 0.1) is 19.8 Å². The summed E-state index contributed by atoms with van der Waals surface area (Å²) in [5.41, 5.74) is -0.765. The van der Waals surface area contributed by atoms with Gasteiger partial charge < -0.3 is 28.4 Å². The summed E-state index contributed by atoms with van der Waals surface area (Å²) in [6, 6.07) is 0. The molecule has 8 heteroatoms. The third kappa shape index (κ3) is 2.50. The van der Waals surface area contributed by atoms with Crippen molar-refractivity contribution in [2.75, 3.05) is 13.7 Å². The van der Waals surface area contributed by atoms with E-state index in [-0.39, 0.29) is 12.0 Å². The highest BCUT2D eigenvalue weighted by Crippen LogP contribution is 2.51. The molecule has 25 heavy (non-hydrogen) atoms. The van der Waals surface area contributed by atoms with Gasteiger partial charge in [0.2, 0.25) is 0 Å². The zero-order valence-electron chi connectivity index (χ0n) is 15.0. The monoisotopic (exact) mass is 356 g/mol. The van der Waals surface area contributed by atoms with Crippen LogP contribution in [-0.4, -0.2) is 61.6 Å². The second kappa shape index (κ2) is 5.39. The van der Waals surface area contributed by atoms with Crippen LogP contribution in [-0.2, 0) is 38.0 Å². The minimum Gasteiger partial charge on any atom is -0.468 e. The quantitative estimate of drug-likeness (QED) is 0.499. The van der Waals surface area contributed by atoms with Crippen molar-refractivity contribution in [2.45, 2.75) is 63.7 Å². The first kappa shape index (κ1) is 17.2. The van der Waals surface area contributed by atoms with Gasteiger partial charge in [-0.2, -0.15) is 0 Å². The molecule has 4 aliphatic heterocycles. The number of hydrogen-bond acceptors (Lipinski definition) is 8. The van der Waals surface area contributed by atoms with Gasteiger partial charge in [0.25, 0.3) is 0 Å². The van der Waals surface area contributed by atoms with Crippen molar-refractivity contribution in [2.24, 2.45) is 17.8 Å². The van der Waals surface area contributed by atoms with Gasteiger partial charge in [0.15, 0.2) is 18.0 Å². The summed E-state index contributed by atoms with van der Waals surface area (Å²) in [4.78, 5) is 24.8. The number of ether oxygens (including phenoxy) is 6. The van der Waals surface area contributed by atoms with E-state index < -0.39 is 53.7 Å². The van der Waals surface area contributed by atoms with Gasteiger partial charge in [-0.25, -0.2) is 0 Å². The first-order valence-corrected chi connectivity index (χ1v) is 8.58. The van der Waals surface area contributed by atoms with Crippen molar-refractivity contribution in [3.8, 4) is 0 Å². The molecule has 0 radical (unpaired) electrons. The van der Waals surface area contributed by atoms with Crippen molar-refractivity contribution in [3.63, 3.8) is 0 Å². The number of esters is 2. The number of rotatable bonds is 1. The predicted octanol–water partition coefficient (Wildman–Crippen LogP) is 0.619. The van der Waals surface area contributed by atoms with E-state index in [0.29, 0.717) is 6.61 Å². The molecule has 0 aliphatic carbocycles. The molecule has 7 atom stereocenters. The Morgan fingerprint density at radius 3 is 2.52 bits per heavy atom. The Kier molecular flexibility index (Phi) is 3.71. The lowest BCUT2D eigenvalue weighted by molar-refractivity contribution is -0.267. The minimum atomic E-state index is -1.04. The average molecular weight is 356 g/mol.